The van der Waals surface area contributed by atoms with Crippen LogP contribution in [0.25, 0.3) is 0 Å². The Bertz CT molecular complexity index is 1150. The SMILES string of the molecule is CSc1ccc(NC(=O)O[C@@H](c2cccc(OCCO)c2)[C@H](/C=C/C(=O)O)Oc2ccccc2)cc1. The molecule has 1 amide bonds. The predicted octanol–water partition coefficient (Wildman–Crippen LogP) is 5.16. The second-order valence-electron chi connectivity index (χ2n) is 7.42. The van der Waals surface area contributed by atoms with E-state index in [0.29, 0.717) is 22.7 Å². The van der Waals surface area contributed by atoms with Gasteiger partial charge in [0.25, 0.3) is 0 Å². The Morgan fingerprint density at radius 3 is 2.39 bits per heavy atom. The minimum absolute atomic E-state index is 0.0877. The zero-order valence-electron chi connectivity index (χ0n) is 19.6. The number of amides is 1. The number of nitrogens with one attached hydrogen (secondary N) is 1. The minimum atomic E-state index is -1.17. The molecule has 0 unspecified atom stereocenters. The van der Waals surface area contributed by atoms with Gasteiger partial charge in [0.15, 0.2) is 12.2 Å². The van der Waals surface area contributed by atoms with E-state index in [-0.39, 0.29) is 13.2 Å². The molecule has 0 aliphatic rings. The van der Waals surface area contributed by atoms with Crippen LogP contribution in [0.3, 0.4) is 0 Å². The van der Waals surface area contributed by atoms with Gasteiger partial charge in [-0.05, 0) is 60.9 Å². The van der Waals surface area contributed by atoms with E-state index in [1.165, 1.54) is 6.08 Å². The van der Waals surface area contributed by atoms with Gasteiger partial charge in [-0.1, -0.05) is 30.3 Å². The normalized spacial score (nSPS) is 12.5. The van der Waals surface area contributed by atoms with Crippen LogP contribution in [0.5, 0.6) is 11.5 Å². The largest absolute Gasteiger partial charge is 0.491 e. The second-order valence-corrected chi connectivity index (χ2v) is 8.30. The molecule has 3 rings (SSSR count). The quantitative estimate of drug-likeness (QED) is 0.227. The molecule has 0 saturated carbocycles. The smallest absolute Gasteiger partial charge is 0.412 e. The highest BCUT2D eigenvalue weighted by atomic mass is 32.2. The van der Waals surface area contributed by atoms with Gasteiger partial charge in [-0.25, -0.2) is 9.59 Å². The number of anilines is 1. The van der Waals surface area contributed by atoms with Crippen molar-refractivity contribution in [2.75, 3.05) is 24.8 Å². The fourth-order valence-corrected chi connectivity index (χ4v) is 3.65. The Kier molecular flexibility index (Phi) is 10.2. The summed E-state index contributed by atoms with van der Waals surface area (Å²) in [5.74, 6) is -0.260. The minimum Gasteiger partial charge on any atom is -0.491 e. The van der Waals surface area contributed by atoms with Gasteiger partial charge in [0, 0.05) is 22.2 Å². The lowest BCUT2D eigenvalue weighted by atomic mass is 10.0. The molecule has 0 aliphatic carbocycles. The molecule has 0 aromatic heterocycles. The standard InChI is InChI=1S/C27H27NO7S/c1-36-23-12-10-20(11-13-23)28-27(32)35-26(19-6-5-9-22(18-19)33-17-16-29)24(14-15-25(30)31)34-21-7-3-2-4-8-21/h2-15,18,24,26,29H,16-17H2,1H3,(H,28,32)(H,30,31)/b15-14+/t24-,26-/m0/s1. The first-order valence-corrected chi connectivity index (χ1v) is 12.3. The van der Waals surface area contributed by atoms with Crippen LogP contribution in [0.4, 0.5) is 10.5 Å². The number of aliphatic hydroxyl groups is 1. The number of carboxylic acid groups (broad SMARTS) is 1. The zero-order chi connectivity index (χ0) is 25.8. The van der Waals surface area contributed by atoms with Crippen molar-refractivity contribution in [3.8, 4) is 11.5 Å². The maximum atomic E-state index is 12.9. The summed E-state index contributed by atoms with van der Waals surface area (Å²) in [7, 11) is 0. The average Bonchev–Trinajstić information content (AvgIpc) is 2.89. The fourth-order valence-electron chi connectivity index (χ4n) is 3.24. The van der Waals surface area contributed by atoms with Crippen molar-refractivity contribution in [2.45, 2.75) is 17.1 Å². The van der Waals surface area contributed by atoms with Crippen LogP contribution in [-0.4, -0.2) is 47.8 Å². The third kappa shape index (κ3) is 8.37. The maximum Gasteiger partial charge on any atom is 0.412 e. The van der Waals surface area contributed by atoms with Crippen LogP contribution in [0.2, 0.25) is 0 Å². The Labute approximate surface area is 213 Å². The molecule has 0 radical (unpaired) electrons. The Hall–Kier alpha value is -3.95. The second kappa shape index (κ2) is 13.8. The number of hydrogen-bond donors (Lipinski definition) is 3. The van der Waals surface area contributed by atoms with Crippen LogP contribution >= 0.6 is 11.8 Å². The van der Waals surface area contributed by atoms with Crippen molar-refractivity contribution in [3.05, 3.63) is 96.6 Å². The fraction of sp³-hybridized carbons (Fsp3) is 0.185. The summed E-state index contributed by atoms with van der Waals surface area (Å²) in [6, 6.07) is 22.8. The molecule has 3 aromatic carbocycles. The first-order chi connectivity index (χ1) is 17.5. The summed E-state index contributed by atoms with van der Waals surface area (Å²) in [6.45, 7) is -0.0760. The molecule has 2 atom stereocenters. The van der Waals surface area contributed by atoms with Crippen molar-refractivity contribution in [1.29, 1.82) is 0 Å². The van der Waals surface area contributed by atoms with Gasteiger partial charge in [0.1, 0.15) is 18.1 Å². The van der Waals surface area contributed by atoms with Crippen LogP contribution in [-0.2, 0) is 9.53 Å². The van der Waals surface area contributed by atoms with Crippen LogP contribution in [0.15, 0.2) is 95.9 Å². The predicted molar refractivity (Wildman–Crippen MR) is 138 cm³/mol. The summed E-state index contributed by atoms with van der Waals surface area (Å²) in [4.78, 5) is 25.2. The molecule has 0 aliphatic heterocycles. The summed E-state index contributed by atoms with van der Waals surface area (Å²) >= 11 is 1.58. The third-order valence-corrected chi connectivity index (χ3v) is 5.60. The number of rotatable bonds is 12. The van der Waals surface area contributed by atoms with Crippen molar-refractivity contribution in [1.82, 2.24) is 0 Å². The van der Waals surface area contributed by atoms with E-state index >= 15 is 0 Å². The van der Waals surface area contributed by atoms with Gasteiger partial charge in [0.2, 0.25) is 0 Å². The number of para-hydroxylation sites is 1. The molecule has 0 spiro atoms. The number of ether oxygens (including phenoxy) is 3. The van der Waals surface area contributed by atoms with Gasteiger partial charge < -0.3 is 24.4 Å². The lowest BCUT2D eigenvalue weighted by molar-refractivity contribution is -0.131. The Balaban J connectivity index is 1.92. The van der Waals surface area contributed by atoms with Crippen LogP contribution in [0.1, 0.15) is 11.7 Å². The first kappa shape index (κ1) is 26.7. The van der Waals surface area contributed by atoms with E-state index in [1.54, 1.807) is 72.4 Å². The third-order valence-electron chi connectivity index (χ3n) is 4.86. The Morgan fingerprint density at radius 2 is 1.72 bits per heavy atom. The summed E-state index contributed by atoms with van der Waals surface area (Å²) in [5.41, 5.74) is 1.05. The average molecular weight is 510 g/mol. The monoisotopic (exact) mass is 509 g/mol. The number of carboxylic acids is 1. The molecule has 0 heterocycles. The van der Waals surface area contributed by atoms with Gasteiger partial charge in [-0.2, -0.15) is 0 Å². The number of benzene rings is 3. The molecule has 0 bridgehead atoms. The van der Waals surface area contributed by atoms with Gasteiger partial charge >= 0.3 is 12.1 Å². The van der Waals surface area contributed by atoms with Crippen molar-refractivity contribution >= 4 is 29.5 Å². The van der Waals surface area contributed by atoms with E-state index < -0.39 is 24.3 Å². The molecular formula is C27H27NO7S. The molecule has 3 N–H and O–H groups in total. The number of thioether (sulfide) groups is 1. The van der Waals surface area contributed by atoms with Crippen molar-refractivity contribution < 1.29 is 34.0 Å². The van der Waals surface area contributed by atoms with Gasteiger partial charge in [-0.3, -0.25) is 5.32 Å². The number of aliphatic carboxylic acids is 1. The molecule has 188 valence electrons. The molecule has 9 heteroatoms. The summed E-state index contributed by atoms with van der Waals surface area (Å²) in [5, 5.41) is 21.0. The van der Waals surface area contributed by atoms with E-state index in [2.05, 4.69) is 5.32 Å². The molecule has 8 nitrogen and oxygen atoms in total. The zero-order valence-corrected chi connectivity index (χ0v) is 20.4. The molecule has 36 heavy (non-hydrogen) atoms. The Morgan fingerprint density at radius 1 is 1.00 bits per heavy atom. The highest BCUT2D eigenvalue weighted by molar-refractivity contribution is 7.98. The van der Waals surface area contributed by atoms with Gasteiger partial charge in [0.05, 0.1) is 6.61 Å². The lowest BCUT2D eigenvalue weighted by Crippen LogP contribution is -2.29. The maximum absolute atomic E-state index is 12.9. The van der Waals surface area contributed by atoms with Crippen molar-refractivity contribution in [2.24, 2.45) is 0 Å². The van der Waals surface area contributed by atoms with Crippen LogP contribution < -0.4 is 14.8 Å². The van der Waals surface area contributed by atoms with E-state index in [0.717, 1.165) is 11.0 Å². The topological polar surface area (TPSA) is 114 Å². The first-order valence-electron chi connectivity index (χ1n) is 11.1. The summed E-state index contributed by atoms with van der Waals surface area (Å²) < 4.78 is 17.3. The molecule has 0 saturated heterocycles. The molecular weight excluding hydrogens is 482 g/mol. The van der Waals surface area contributed by atoms with Gasteiger partial charge in [-0.15, -0.1) is 11.8 Å². The lowest BCUT2D eigenvalue weighted by Gasteiger charge is -2.26. The van der Waals surface area contributed by atoms with E-state index in [4.69, 9.17) is 19.3 Å². The highest BCUT2D eigenvalue weighted by Gasteiger charge is 2.28. The number of carbonyl (C=O) groups excluding carboxylic acids is 1. The summed E-state index contributed by atoms with van der Waals surface area (Å²) in [6.07, 6.45) is 1.45. The highest BCUT2D eigenvalue weighted by Crippen LogP contribution is 2.30. The van der Waals surface area contributed by atoms with Crippen LogP contribution in [0, 0.1) is 0 Å². The number of hydrogen-bond acceptors (Lipinski definition) is 7. The molecule has 3 aromatic rings. The van der Waals surface area contributed by atoms with E-state index in [9.17, 15) is 14.7 Å². The number of carbonyl (C=O) groups is 2. The van der Waals surface area contributed by atoms with E-state index in [1.807, 2.05) is 24.5 Å². The van der Waals surface area contributed by atoms with Crippen molar-refractivity contribution in [3.63, 3.8) is 0 Å². The number of aliphatic hydroxyl groups excluding tert-OH is 1. The molecule has 0 fully saturated rings.